The maximum Gasteiger partial charge on any atom is 2.00 e. The standard InChI is InChI=1S/C6H12.U/c1-3-5-6-4-2;/h4H,1,3,5-6H2,2H3;/q-2;+2. The first-order chi connectivity index (χ1) is 2.91. The van der Waals surface area contributed by atoms with Gasteiger partial charge in [-0.25, -0.2) is 0 Å². The van der Waals surface area contributed by atoms with E-state index < -0.39 is 0 Å². The van der Waals surface area contributed by atoms with Crippen LogP contribution in [-0.4, -0.2) is 0 Å². The molecule has 0 aliphatic heterocycles. The van der Waals surface area contributed by atoms with E-state index in [1.807, 2.05) is 0 Å². The van der Waals surface area contributed by atoms with Crippen LogP contribution in [0.4, 0.5) is 0 Å². The number of unbranched alkanes of at least 4 members (excludes halogenated alkanes) is 3. The summed E-state index contributed by atoms with van der Waals surface area (Å²) in [6, 6.07) is 0. The minimum absolute atomic E-state index is 0. The van der Waals surface area contributed by atoms with Crippen LogP contribution >= 0.6 is 0 Å². The first-order valence-corrected chi connectivity index (χ1v) is 2.49. The SMILES string of the molecule is [CH2-]CCC[CH-]C.[U+2]. The van der Waals surface area contributed by atoms with Crippen molar-refractivity contribution < 1.29 is 31.1 Å². The fourth-order valence-electron chi connectivity index (χ4n) is 0.348. The van der Waals surface area contributed by atoms with Gasteiger partial charge < -0.3 is 13.3 Å². The molecule has 0 heterocycles. The zero-order valence-corrected chi connectivity index (χ0v) is 9.07. The van der Waals surface area contributed by atoms with Crippen molar-refractivity contribution in [2.45, 2.75) is 26.2 Å². The molecule has 0 amide bonds. The molecule has 0 unspecified atom stereocenters. The summed E-state index contributed by atoms with van der Waals surface area (Å²) in [5.41, 5.74) is 0. The molecule has 0 spiro atoms. The Bertz CT molecular complexity index is 16.1. The van der Waals surface area contributed by atoms with Crippen LogP contribution in [0.5, 0.6) is 0 Å². The van der Waals surface area contributed by atoms with Crippen LogP contribution in [0.25, 0.3) is 0 Å². The van der Waals surface area contributed by atoms with E-state index in [1.165, 1.54) is 12.8 Å². The van der Waals surface area contributed by atoms with E-state index in [1.54, 1.807) is 0 Å². The van der Waals surface area contributed by atoms with E-state index in [0.29, 0.717) is 0 Å². The second-order valence-electron chi connectivity index (χ2n) is 1.40. The summed E-state index contributed by atoms with van der Waals surface area (Å²) >= 11 is 0. The Balaban J connectivity index is 0. The van der Waals surface area contributed by atoms with Gasteiger partial charge >= 0.3 is 31.1 Å². The van der Waals surface area contributed by atoms with Crippen molar-refractivity contribution in [3.05, 3.63) is 13.3 Å². The van der Waals surface area contributed by atoms with Gasteiger partial charge in [-0.2, -0.15) is 19.8 Å². The molecule has 0 saturated heterocycles. The van der Waals surface area contributed by atoms with Crippen LogP contribution in [0.2, 0.25) is 0 Å². The molecule has 0 aromatic heterocycles. The van der Waals surface area contributed by atoms with Gasteiger partial charge in [0.1, 0.15) is 0 Å². The monoisotopic (exact) mass is 322 g/mol. The van der Waals surface area contributed by atoms with Gasteiger partial charge in [-0.05, 0) is 0 Å². The minimum Gasteiger partial charge on any atom is -0.343 e. The molecule has 0 nitrogen and oxygen atoms in total. The van der Waals surface area contributed by atoms with E-state index in [-0.39, 0.29) is 31.1 Å². The molecule has 0 aromatic rings. The van der Waals surface area contributed by atoms with Crippen molar-refractivity contribution >= 4 is 0 Å². The van der Waals surface area contributed by atoms with Crippen LogP contribution < -0.4 is 0 Å². The minimum atomic E-state index is 0. The fourth-order valence-corrected chi connectivity index (χ4v) is 0.348. The Labute approximate surface area is 70.4 Å². The molecule has 40 valence electrons. The molecule has 0 saturated carbocycles. The Morgan fingerprint density at radius 3 is 2.29 bits per heavy atom. The smallest absolute Gasteiger partial charge is 0.343 e. The normalized spacial score (nSPS) is 7.71. The van der Waals surface area contributed by atoms with E-state index in [0.717, 1.165) is 6.42 Å². The molecule has 0 aliphatic carbocycles. The van der Waals surface area contributed by atoms with Crippen LogP contribution in [-0.2, 0) is 0 Å². The topological polar surface area (TPSA) is 0 Å². The summed E-state index contributed by atoms with van der Waals surface area (Å²) in [4.78, 5) is 0. The largest absolute Gasteiger partial charge is 2.00 e. The number of hydrogen-bond acceptors (Lipinski definition) is 0. The Kier molecular flexibility index (Phi) is 15.8. The molecule has 0 bridgehead atoms. The number of hydrogen-bond donors (Lipinski definition) is 0. The summed E-state index contributed by atoms with van der Waals surface area (Å²) in [6.45, 7) is 5.78. The molecule has 0 atom stereocenters. The zero-order chi connectivity index (χ0) is 4.83. The fraction of sp³-hybridized carbons (Fsp3) is 0.667. The predicted octanol–water partition coefficient (Wildman–Crippen LogP) is 2.21. The van der Waals surface area contributed by atoms with Gasteiger partial charge in [0.15, 0.2) is 0 Å². The third-order valence-electron chi connectivity index (χ3n) is 0.743. The van der Waals surface area contributed by atoms with E-state index in [4.69, 9.17) is 0 Å². The molecule has 0 fully saturated rings. The Morgan fingerprint density at radius 1 is 1.57 bits per heavy atom. The van der Waals surface area contributed by atoms with Crippen LogP contribution in [0, 0.1) is 44.5 Å². The number of rotatable bonds is 3. The molecule has 7 heavy (non-hydrogen) atoms. The van der Waals surface area contributed by atoms with Crippen molar-refractivity contribution in [1.29, 1.82) is 0 Å². The average Bonchev–Trinajstić information content (AvgIpc) is 1.61. The van der Waals surface area contributed by atoms with Gasteiger partial charge in [0.25, 0.3) is 0 Å². The Morgan fingerprint density at radius 2 is 2.14 bits per heavy atom. The average molecular weight is 322 g/mol. The maximum atomic E-state index is 3.70. The van der Waals surface area contributed by atoms with Crippen molar-refractivity contribution in [2.75, 3.05) is 0 Å². The van der Waals surface area contributed by atoms with Crippen LogP contribution in [0.3, 0.4) is 0 Å². The van der Waals surface area contributed by atoms with Gasteiger partial charge in [0, 0.05) is 0 Å². The van der Waals surface area contributed by atoms with Crippen molar-refractivity contribution in [1.82, 2.24) is 0 Å². The molecular weight excluding hydrogens is 310 g/mol. The molecule has 0 aliphatic rings. The maximum absolute atomic E-state index is 3.70. The van der Waals surface area contributed by atoms with Gasteiger partial charge in [0.05, 0.1) is 0 Å². The van der Waals surface area contributed by atoms with Crippen molar-refractivity contribution in [3.63, 3.8) is 0 Å². The summed E-state index contributed by atoms with van der Waals surface area (Å²) in [6.07, 6.45) is 5.72. The van der Waals surface area contributed by atoms with E-state index >= 15 is 0 Å². The first-order valence-electron chi connectivity index (χ1n) is 2.49. The van der Waals surface area contributed by atoms with E-state index in [9.17, 15) is 0 Å². The van der Waals surface area contributed by atoms with Gasteiger partial charge in [0.2, 0.25) is 0 Å². The molecule has 0 aromatic carbocycles. The summed E-state index contributed by atoms with van der Waals surface area (Å²) in [7, 11) is 0. The molecule has 0 N–H and O–H groups in total. The molecule has 1 heteroatoms. The first kappa shape index (κ1) is 10.9. The summed E-state index contributed by atoms with van der Waals surface area (Å²) < 4.78 is 0. The van der Waals surface area contributed by atoms with Gasteiger partial charge in [-0.3, -0.25) is 0 Å². The predicted molar refractivity (Wildman–Crippen MR) is 29.2 cm³/mol. The summed E-state index contributed by atoms with van der Waals surface area (Å²) in [5, 5.41) is 0. The van der Waals surface area contributed by atoms with Crippen LogP contribution in [0.1, 0.15) is 26.2 Å². The molecular formula is C6H12U. The second kappa shape index (κ2) is 10.1. The quantitative estimate of drug-likeness (QED) is 0.552. The van der Waals surface area contributed by atoms with Gasteiger partial charge in [-0.15, -0.1) is 6.42 Å². The summed E-state index contributed by atoms with van der Waals surface area (Å²) in [5.74, 6) is 0. The second-order valence-corrected chi connectivity index (χ2v) is 1.40. The van der Waals surface area contributed by atoms with Gasteiger partial charge in [-0.1, -0.05) is 0 Å². The molecule has 0 radical (unpaired) electrons. The zero-order valence-electron chi connectivity index (χ0n) is 4.91. The Hall–Kier alpha value is 1.05. The van der Waals surface area contributed by atoms with Crippen molar-refractivity contribution in [2.24, 2.45) is 0 Å². The third-order valence-corrected chi connectivity index (χ3v) is 0.743. The third kappa shape index (κ3) is 11.0. The van der Waals surface area contributed by atoms with E-state index in [2.05, 4.69) is 20.3 Å². The molecule has 0 rings (SSSR count). The van der Waals surface area contributed by atoms with Crippen molar-refractivity contribution in [3.8, 4) is 0 Å². The van der Waals surface area contributed by atoms with Crippen LogP contribution in [0.15, 0.2) is 0 Å².